The largest absolute Gasteiger partial charge is 0.467 e. The summed E-state index contributed by atoms with van der Waals surface area (Å²) in [7, 11) is 0. The van der Waals surface area contributed by atoms with E-state index >= 15 is 0 Å². The molecule has 33 heavy (non-hydrogen) atoms. The fraction of sp³-hybridized carbons (Fsp3) is 0.350. The molecule has 0 bridgehead atoms. The van der Waals surface area contributed by atoms with Crippen LogP contribution < -0.4 is 9.62 Å². The van der Waals surface area contributed by atoms with Crippen molar-refractivity contribution < 1.29 is 26.5 Å². The minimum absolute atomic E-state index is 0.0379. The van der Waals surface area contributed by atoms with Gasteiger partial charge in [0, 0.05) is 50.2 Å². The molecule has 1 aromatic heterocycles. The molecule has 3 rings (SSSR count). The molecule has 1 fully saturated rings. The molecular formula is C20H22F4N6O2S. The Labute approximate surface area is 190 Å². The number of hydrogen-bond acceptors (Lipinski definition) is 6. The average Bonchev–Trinajstić information content (AvgIpc) is 2.81. The number of aromatic nitrogens is 1. The Hall–Kier alpha value is -2.90. The molecule has 0 spiro atoms. The molecule has 2 heterocycles. The van der Waals surface area contributed by atoms with Crippen LogP contribution in [0.25, 0.3) is 0 Å². The summed E-state index contributed by atoms with van der Waals surface area (Å²) >= 11 is -1.61. The number of benzene rings is 1. The van der Waals surface area contributed by atoms with E-state index in [1.165, 1.54) is 22.6 Å². The number of piperazine rings is 1. The minimum atomic E-state index is -4.60. The number of ether oxygens (including phenoxy) is 1. The Morgan fingerprint density at radius 1 is 1.30 bits per heavy atom. The summed E-state index contributed by atoms with van der Waals surface area (Å²) in [4.78, 5) is 4.05. The average molecular weight is 486 g/mol. The lowest BCUT2D eigenvalue weighted by Gasteiger charge is -2.32. The smallest absolute Gasteiger partial charge is 0.422 e. The summed E-state index contributed by atoms with van der Waals surface area (Å²) in [5.41, 5.74) is 0.668. The SMILES string of the molecule is C=N/N=C(\OCC(F)(F)F)c1ccc(CN(c2cccnc2)S(=O)N2CCNCC2)c(F)c1. The van der Waals surface area contributed by atoms with Gasteiger partial charge < -0.3 is 10.1 Å². The van der Waals surface area contributed by atoms with Crippen LogP contribution in [0, 0.1) is 5.82 Å². The van der Waals surface area contributed by atoms with Crippen molar-refractivity contribution in [1.82, 2.24) is 14.6 Å². The van der Waals surface area contributed by atoms with Crippen LogP contribution >= 0.6 is 0 Å². The topological polar surface area (TPSA) is 82.4 Å². The highest BCUT2D eigenvalue weighted by atomic mass is 32.2. The molecule has 0 saturated carbocycles. The normalized spacial score (nSPS) is 16.3. The van der Waals surface area contributed by atoms with Gasteiger partial charge in [0.2, 0.25) is 5.90 Å². The van der Waals surface area contributed by atoms with E-state index in [0.29, 0.717) is 31.9 Å². The maximum atomic E-state index is 15.0. The van der Waals surface area contributed by atoms with Crippen LogP contribution in [0.15, 0.2) is 52.9 Å². The van der Waals surface area contributed by atoms with Gasteiger partial charge in [-0.3, -0.25) is 9.29 Å². The van der Waals surface area contributed by atoms with Gasteiger partial charge in [-0.2, -0.15) is 18.3 Å². The number of halogens is 4. The van der Waals surface area contributed by atoms with Crippen molar-refractivity contribution in [1.29, 1.82) is 0 Å². The highest BCUT2D eigenvalue weighted by molar-refractivity contribution is 7.84. The van der Waals surface area contributed by atoms with Crippen LogP contribution in [0.2, 0.25) is 0 Å². The Balaban J connectivity index is 1.85. The second-order valence-electron chi connectivity index (χ2n) is 6.91. The second-order valence-corrected chi connectivity index (χ2v) is 8.33. The van der Waals surface area contributed by atoms with E-state index in [0.717, 1.165) is 6.07 Å². The lowest BCUT2D eigenvalue weighted by atomic mass is 10.1. The van der Waals surface area contributed by atoms with Crippen LogP contribution in [0.4, 0.5) is 23.2 Å². The Morgan fingerprint density at radius 3 is 2.67 bits per heavy atom. The first-order valence-electron chi connectivity index (χ1n) is 9.86. The lowest BCUT2D eigenvalue weighted by Crippen LogP contribution is -2.48. The molecule has 8 nitrogen and oxygen atoms in total. The summed E-state index contributed by atoms with van der Waals surface area (Å²) in [5.74, 6) is -1.24. The molecule has 1 N–H and O–H groups in total. The molecule has 1 saturated heterocycles. The highest BCUT2D eigenvalue weighted by Gasteiger charge is 2.30. The van der Waals surface area contributed by atoms with Gasteiger partial charge in [-0.25, -0.2) is 12.9 Å². The van der Waals surface area contributed by atoms with Crippen molar-refractivity contribution in [3.05, 3.63) is 59.7 Å². The summed E-state index contributed by atoms with van der Waals surface area (Å²) in [5, 5.41) is 9.79. The minimum Gasteiger partial charge on any atom is -0.467 e. The standard InChI is InChI=1S/C20H22F4N6O2S/c1-25-28-19(32-14-20(22,23)24)15-4-5-16(18(21)11-15)13-30(17-3-2-6-27-12-17)33(31)29-9-7-26-8-10-29/h2-6,11-12,26H,1,7-10,13-14H2/b28-19-. The third-order valence-corrected chi connectivity index (χ3v) is 6.09. The van der Waals surface area contributed by atoms with Gasteiger partial charge in [0.25, 0.3) is 0 Å². The number of nitrogens with one attached hydrogen (secondary N) is 1. The number of hydrogen-bond donors (Lipinski definition) is 1. The summed E-state index contributed by atoms with van der Waals surface area (Å²) in [6.07, 6.45) is -1.50. The van der Waals surface area contributed by atoms with E-state index in [4.69, 9.17) is 0 Å². The summed E-state index contributed by atoms with van der Waals surface area (Å²) in [6, 6.07) is 7.11. The zero-order chi connectivity index (χ0) is 23.8. The number of pyridine rings is 1. The molecule has 1 aliphatic heterocycles. The van der Waals surface area contributed by atoms with Gasteiger partial charge in [-0.15, -0.1) is 5.10 Å². The van der Waals surface area contributed by atoms with E-state index in [9.17, 15) is 21.8 Å². The van der Waals surface area contributed by atoms with E-state index in [1.807, 2.05) is 0 Å². The van der Waals surface area contributed by atoms with Crippen molar-refractivity contribution in [2.24, 2.45) is 10.2 Å². The van der Waals surface area contributed by atoms with E-state index < -0.39 is 35.7 Å². The fourth-order valence-electron chi connectivity index (χ4n) is 3.03. The van der Waals surface area contributed by atoms with Crippen molar-refractivity contribution in [2.45, 2.75) is 12.7 Å². The third kappa shape index (κ3) is 7.04. The van der Waals surface area contributed by atoms with E-state index in [1.54, 1.807) is 22.6 Å². The Bertz CT molecular complexity index is 1000. The predicted molar refractivity (Wildman–Crippen MR) is 117 cm³/mol. The van der Waals surface area contributed by atoms with Gasteiger partial charge in [0.1, 0.15) is 5.82 Å². The fourth-order valence-corrected chi connectivity index (χ4v) is 4.34. The quantitative estimate of drug-likeness (QED) is 0.269. The molecule has 1 unspecified atom stereocenters. The number of alkyl halides is 3. The highest BCUT2D eigenvalue weighted by Crippen LogP contribution is 2.23. The van der Waals surface area contributed by atoms with E-state index in [2.05, 4.69) is 32.0 Å². The van der Waals surface area contributed by atoms with Crippen LogP contribution in [-0.2, 0) is 22.5 Å². The molecule has 1 aliphatic rings. The number of rotatable bonds is 8. The maximum absolute atomic E-state index is 15.0. The molecule has 13 heteroatoms. The molecule has 178 valence electrons. The molecular weight excluding hydrogens is 464 g/mol. The van der Waals surface area contributed by atoms with E-state index in [-0.39, 0.29) is 17.7 Å². The van der Waals surface area contributed by atoms with Crippen molar-refractivity contribution in [3.63, 3.8) is 0 Å². The molecule has 1 aromatic carbocycles. The molecule has 0 amide bonds. The molecule has 1 atom stereocenters. The van der Waals surface area contributed by atoms with Gasteiger partial charge in [0.05, 0.1) is 18.4 Å². The summed E-state index contributed by atoms with van der Waals surface area (Å²) in [6.45, 7) is 3.88. The first-order chi connectivity index (χ1) is 15.8. The number of nitrogens with zero attached hydrogens (tertiary/aromatic N) is 5. The third-order valence-electron chi connectivity index (χ3n) is 4.57. The lowest BCUT2D eigenvalue weighted by molar-refractivity contribution is -0.156. The first-order valence-corrected chi connectivity index (χ1v) is 10.9. The zero-order valence-electron chi connectivity index (χ0n) is 17.5. The van der Waals surface area contributed by atoms with Crippen molar-refractivity contribution in [3.8, 4) is 0 Å². The molecule has 0 radical (unpaired) electrons. The van der Waals surface area contributed by atoms with Crippen molar-refractivity contribution >= 4 is 29.5 Å². The van der Waals surface area contributed by atoms with Gasteiger partial charge >= 0.3 is 6.18 Å². The molecule has 2 aromatic rings. The molecule has 0 aliphatic carbocycles. The Kier molecular flexibility index (Phi) is 8.47. The van der Waals surface area contributed by atoms with Crippen LogP contribution in [-0.4, -0.2) is 65.1 Å². The Morgan fingerprint density at radius 2 is 2.06 bits per heavy atom. The van der Waals surface area contributed by atoms with Gasteiger partial charge in [-0.1, -0.05) is 6.07 Å². The van der Waals surface area contributed by atoms with Crippen LogP contribution in [0.3, 0.4) is 0 Å². The maximum Gasteiger partial charge on any atom is 0.422 e. The first kappa shape index (κ1) is 24.7. The van der Waals surface area contributed by atoms with Crippen LogP contribution in [0.5, 0.6) is 0 Å². The summed E-state index contributed by atoms with van der Waals surface area (Å²) < 4.78 is 73.7. The number of anilines is 1. The zero-order valence-corrected chi connectivity index (χ0v) is 18.3. The van der Waals surface area contributed by atoms with Gasteiger partial charge in [-0.05, 0) is 24.3 Å². The predicted octanol–water partition coefficient (Wildman–Crippen LogP) is 2.65. The van der Waals surface area contributed by atoms with Crippen LogP contribution in [0.1, 0.15) is 11.1 Å². The van der Waals surface area contributed by atoms with Gasteiger partial charge in [0.15, 0.2) is 17.8 Å². The monoisotopic (exact) mass is 486 g/mol. The second kappa shape index (κ2) is 11.3. The van der Waals surface area contributed by atoms with Crippen molar-refractivity contribution in [2.75, 3.05) is 37.1 Å².